The van der Waals surface area contributed by atoms with E-state index >= 15 is 0 Å². The van der Waals surface area contributed by atoms with Crippen LogP contribution in [0.1, 0.15) is 67.7 Å². The lowest BCUT2D eigenvalue weighted by atomic mass is 9.72. The zero-order valence-electron chi connectivity index (χ0n) is 22.4. The van der Waals surface area contributed by atoms with Gasteiger partial charge >= 0.3 is 0 Å². The van der Waals surface area contributed by atoms with Gasteiger partial charge in [-0.25, -0.2) is 0 Å². The number of phenols is 1. The highest BCUT2D eigenvalue weighted by atomic mass is 16.7. The minimum absolute atomic E-state index is 0.0319. The zero-order valence-corrected chi connectivity index (χ0v) is 22.4. The van der Waals surface area contributed by atoms with Crippen LogP contribution >= 0.6 is 0 Å². The summed E-state index contributed by atoms with van der Waals surface area (Å²) in [5.74, 6) is -2.52. The van der Waals surface area contributed by atoms with Crippen LogP contribution in [0.2, 0.25) is 0 Å². The Hall–Kier alpha value is -3.23. The molecular formula is C28H30O12. The third kappa shape index (κ3) is 3.98. The summed E-state index contributed by atoms with van der Waals surface area (Å²) in [4.78, 5) is 40.6. The summed E-state index contributed by atoms with van der Waals surface area (Å²) in [6, 6.07) is 5.46. The third-order valence-corrected chi connectivity index (χ3v) is 7.94. The van der Waals surface area contributed by atoms with Crippen molar-refractivity contribution in [2.45, 2.75) is 62.4 Å². The molecule has 2 aliphatic carbocycles. The topological polar surface area (TPSA) is 178 Å². The summed E-state index contributed by atoms with van der Waals surface area (Å²) in [6.07, 6.45) is -9.07. The van der Waals surface area contributed by atoms with E-state index in [2.05, 4.69) is 0 Å². The summed E-state index contributed by atoms with van der Waals surface area (Å²) >= 11 is 0. The normalized spacial score (nSPS) is 33.3. The van der Waals surface area contributed by atoms with Gasteiger partial charge in [0, 0.05) is 42.0 Å². The number of carbonyl (C=O) groups is 3. The number of aromatic hydroxyl groups is 1. The maximum absolute atomic E-state index is 13.6. The second-order valence-corrected chi connectivity index (χ2v) is 10.3. The molecule has 5 rings (SSSR count). The van der Waals surface area contributed by atoms with E-state index in [1.807, 2.05) is 0 Å². The second kappa shape index (κ2) is 10.00. The standard InChI is InChI=1S/C28H30O12/c1-10-18(29)22(33)24(37-4)27(39-10)40-23-17-15(25(34)28(2,35)26(23)38-5)9-14-16(21(17)32)20(31)12-7-6-11(36-3)8-13(12)19(14)30/h6-10,18,22-24,26-27,29,32-33,35H,1-5H3. The molecule has 4 N–H and O–H groups in total. The molecule has 0 saturated carbocycles. The molecule has 12 heteroatoms. The Morgan fingerprint density at radius 2 is 1.60 bits per heavy atom. The third-order valence-electron chi connectivity index (χ3n) is 7.94. The van der Waals surface area contributed by atoms with Gasteiger partial charge in [0.05, 0.1) is 18.8 Å². The summed E-state index contributed by atoms with van der Waals surface area (Å²) < 4.78 is 27.9. The molecule has 2 aromatic carbocycles. The van der Waals surface area contributed by atoms with Crippen molar-refractivity contribution in [3.63, 3.8) is 0 Å². The van der Waals surface area contributed by atoms with Crippen LogP contribution in [0.3, 0.4) is 0 Å². The van der Waals surface area contributed by atoms with Gasteiger partial charge in [0.15, 0.2) is 29.2 Å². The molecule has 0 amide bonds. The van der Waals surface area contributed by atoms with E-state index in [0.29, 0.717) is 5.75 Å². The lowest BCUT2D eigenvalue weighted by Gasteiger charge is -2.46. The summed E-state index contributed by atoms with van der Waals surface area (Å²) in [6.45, 7) is 2.70. The zero-order chi connectivity index (χ0) is 29.3. The Balaban J connectivity index is 1.69. The number of benzene rings is 2. The second-order valence-electron chi connectivity index (χ2n) is 10.3. The highest BCUT2D eigenvalue weighted by molar-refractivity contribution is 6.30. The molecule has 0 spiro atoms. The quantitative estimate of drug-likeness (QED) is 0.345. The molecule has 40 heavy (non-hydrogen) atoms. The molecule has 12 nitrogen and oxygen atoms in total. The number of aliphatic hydroxyl groups excluding tert-OH is 2. The van der Waals surface area contributed by atoms with Crippen LogP contribution in [0, 0.1) is 0 Å². The van der Waals surface area contributed by atoms with Crippen molar-refractivity contribution in [3.05, 3.63) is 57.6 Å². The summed E-state index contributed by atoms with van der Waals surface area (Å²) in [5.41, 5.74) is -3.17. The molecule has 1 aliphatic heterocycles. The fourth-order valence-electron chi connectivity index (χ4n) is 5.73. The van der Waals surface area contributed by atoms with Gasteiger partial charge in [0.1, 0.15) is 42.0 Å². The highest BCUT2D eigenvalue weighted by Crippen LogP contribution is 2.49. The first-order valence-electron chi connectivity index (χ1n) is 12.6. The number of phenolic OH excluding ortho intramolecular Hbond substituents is 1. The molecule has 0 bridgehead atoms. The predicted molar refractivity (Wildman–Crippen MR) is 135 cm³/mol. The van der Waals surface area contributed by atoms with Crippen LogP contribution in [0.25, 0.3) is 0 Å². The molecule has 0 radical (unpaired) electrons. The van der Waals surface area contributed by atoms with Gasteiger partial charge in [-0.3, -0.25) is 14.4 Å². The molecule has 1 heterocycles. The number of aliphatic hydroxyl groups is 3. The van der Waals surface area contributed by atoms with Gasteiger partial charge in [-0.2, -0.15) is 0 Å². The predicted octanol–water partition coefficient (Wildman–Crippen LogP) is 0.678. The van der Waals surface area contributed by atoms with Gasteiger partial charge in [-0.15, -0.1) is 0 Å². The Morgan fingerprint density at radius 1 is 0.900 bits per heavy atom. The number of hydrogen-bond acceptors (Lipinski definition) is 12. The molecule has 2 aromatic rings. The molecule has 1 saturated heterocycles. The molecule has 8 unspecified atom stereocenters. The van der Waals surface area contributed by atoms with Crippen molar-refractivity contribution in [2.24, 2.45) is 0 Å². The number of fused-ring (bicyclic) bond motifs is 3. The van der Waals surface area contributed by atoms with Crippen LogP contribution < -0.4 is 4.74 Å². The largest absolute Gasteiger partial charge is 0.507 e. The van der Waals surface area contributed by atoms with E-state index in [4.69, 9.17) is 23.7 Å². The fourth-order valence-corrected chi connectivity index (χ4v) is 5.73. The van der Waals surface area contributed by atoms with Crippen LogP contribution in [-0.4, -0.2) is 102 Å². The average molecular weight is 559 g/mol. The number of Topliss-reactive ketones (excluding diaryl/α,β-unsaturated/α-hetero) is 1. The smallest absolute Gasteiger partial charge is 0.198 e. The van der Waals surface area contributed by atoms with E-state index < -0.39 is 71.6 Å². The maximum Gasteiger partial charge on any atom is 0.198 e. The van der Waals surface area contributed by atoms with Crippen LogP contribution in [0.15, 0.2) is 24.3 Å². The molecule has 214 valence electrons. The van der Waals surface area contributed by atoms with Gasteiger partial charge < -0.3 is 44.1 Å². The van der Waals surface area contributed by atoms with E-state index in [1.54, 1.807) is 0 Å². The Labute approximate surface area is 229 Å². The van der Waals surface area contributed by atoms with Gasteiger partial charge in [0.25, 0.3) is 0 Å². The lowest BCUT2D eigenvalue weighted by molar-refractivity contribution is -0.321. The molecule has 1 fully saturated rings. The van der Waals surface area contributed by atoms with Gasteiger partial charge in [-0.05, 0) is 38.1 Å². The van der Waals surface area contributed by atoms with Crippen LogP contribution in [-0.2, 0) is 18.9 Å². The number of methoxy groups -OCH3 is 3. The van der Waals surface area contributed by atoms with Gasteiger partial charge in [-0.1, -0.05) is 0 Å². The summed E-state index contributed by atoms with van der Waals surface area (Å²) in [7, 11) is 3.90. The van der Waals surface area contributed by atoms with Gasteiger partial charge in [0.2, 0.25) is 0 Å². The first-order chi connectivity index (χ1) is 18.9. The molecule has 0 aromatic heterocycles. The maximum atomic E-state index is 13.6. The number of rotatable bonds is 5. The van der Waals surface area contributed by atoms with Crippen molar-refractivity contribution in [1.82, 2.24) is 0 Å². The molecular weight excluding hydrogens is 528 g/mol. The van der Waals surface area contributed by atoms with E-state index in [0.717, 1.165) is 6.07 Å². The number of ether oxygens (including phenoxy) is 5. The molecule has 8 atom stereocenters. The van der Waals surface area contributed by atoms with E-state index in [1.165, 1.54) is 53.4 Å². The number of hydrogen-bond donors (Lipinski definition) is 4. The Bertz CT molecular complexity index is 1400. The Kier molecular flexibility index (Phi) is 7.07. The van der Waals surface area contributed by atoms with Crippen LogP contribution in [0.4, 0.5) is 0 Å². The summed E-state index contributed by atoms with van der Waals surface area (Å²) in [5, 5.41) is 43.6. The van der Waals surface area contributed by atoms with Crippen molar-refractivity contribution < 1.29 is 58.5 Å². The minimum atomic E-state index is -2.21. The van der Waals surface area contributed by atoms with Crippen molar-refractivity contribution in [2.75, 3.05) is 21.3 Å². The average Bonchev–Trinajstić information content (AvgIpc) is 2.92. The molecule has 3 aliphatic rings. The van der Waals surface area contributed by atoms with E-state index in [-0.39, 0.29) is 33.4 Å². The first kappa shape index (κ1) is 28.3. The lowest BCUT2D eigenvalue weighted by Crippen LogP contribution is -2.60. The minimum Gasteiger partial charge on any atom is -0.507 e. The number of carbonyl (C=O) groups excluding carboxylic acids is 3. The number of ketones is 3. The monoisotopic (exact) mass is 558 g/mol. The van der Waals surface area contributed by atoms with Crippen LogP contribution in [0.5, 0.6) is 11.5 Å². The Morgan fingerprint density at radius 3 is 2.23 bits per heavy atom. The highest BCUT2D eigenvalue weighted by Gasteiger charge is 2.55. The van der Waals surface area contributed by atoms with Crippen molar-refractivity contribution >= 4 is 17.3 Å². The fraction of sp³-hybridized carbons (Fsp3) is 0.464. The van der Waals surface area contributed by atoms with E-state index in [9.17, 15) is 34.8 Å². The van der Waals surface area contributed by atoms with Crippen molar-refractivity contribution in [1.29, 1.82) is 0 Å². The first-order valence-corrected chi connectivity index (χ1v) is 12.6. The SMILES string of the molecule is COc1ccc2c(c1)C(=O)c1cc3c(c(O)c1C2=O)C(OC1OC(C)C(O)C(O)C1OC)C(OC)C(C)(O)C3=O. The van der Waals surface area contributed by atoms with Crippen molar-refractivity contribution in [3.8, 4) is 11.5 Å².